The van der Waals surface area contributed by atoms with E-state index in [9.17, 15) is 77.3 Å². The van der Waals surface area contributed by atoms with Crippen LogP contribution >= 0.6 is 0 Å². The van der Waals surface area contributed by atoms with E-state index in [0.717, 1.165) is 30.3 Å². The fourth-order valence-corrected chi connectivity index (χ4v) is 11.7. The molecule has 0 radical (unpaired) electrons. The number of carbonyl (C=O) groups excluding carboxylic acids is 8. The first-order chi connectivity index (χ1) is 47.2. The van der Waals surface area contributed by atoms with E-state index in [1.54, 1.807) is 27.7 Å². The molecule has 0 saturated heterocycles. The van der Waals surface area contributed by atoms with Crippen molar-refractivity contribution in [1.29, 1.82) is 0 Å². The average molecular weight is 1460 g/mol. The maximum absolute atomic E-state index is 13.9. The molecule has 0 aliphatic heterocycles. The average Bonchev–Trinajstić information content (AvgIpc) is 0.847. The number of ketones is 5. The number of imidazole rings is 1. The lowest BCUT2D eigenvalue weighted by atomic mass is 9.82. The molecule has 0 fully saturated rings. The second-order valence-electron chi connectivity index (χ2n) is 24.6. The number of hydrogen-bond acceptors (Lipinski definition) is 29. The molecule has 0 unspecified atom stereocenters. The first kappa shape index (κ1) is 78.7. The molecule has 3 amide bonds. The molecule has 1 aliphatic carbocycles. The van der Waals surface area contributed by atoms with Crippen LogP contribution in [0.2, 0.25) is 0 Å². The number of carbonyl (C=O) groups is 8. The summed E-state index contributed by atoms with van der Waals surface area (Å²) in [5.74, 6) is -5.33. The third-order valence-electron chi connectivity index (χ3n) is 15.8. The molecule has 101 heavy (non-hydrogen) atoms. The van der Waals surface area contributed by atoms with Crippen molar-refractivity contribution in [2.24, 2.45) is 11.5 Å². The van der Waals surface area contributed by atoms with E-state index in [2.05, 4.69) is 72.8 Å². The van der Waals surface area contributed by atoms with Crippen molar-refractivity contribution >= 4 is 123 Å². The standard InChI is InChI=1S/C62H79N17O19S3/c1-60(2,71-30-47(81)61(3,4)72-31-48(82)62(5,6)79-56(87)40(63)25-36-28-66-33-70-36)46(80)29-69-42(55(65)86)16-9-10-19-67-49(83)32-98-23-22-97-21-20-68-57-76-58(74-34-12-11-13-37(24-34)99(88,89)90)78-59(77-57)75-41-18-17-35(26-44(41)100(91,92)93)73-43-27-45(101(94,95)96)52(64)51-50(43)53(84)38-14-7-8-15-39(38)54(51)85/h7-8,11-15,17-18,24,26-28,33,40,42,69,71-73H,9-10,16,19-23,25,29-32,63-64H2,1-6H3,(H2,65,86)(H,66,70)(H,67,83)(H,79,87)(H,88,89,90)(H,91,92,93)(H,94,95,96)(H3,68,74,75,76,77,78)/t40-,42-/m0/s1. The third kappa shape index (κ3) is 21.7. The van der Waals surface area contributed by atoms with Gasteiger partial charge in [0, 0.05) is 53.9 Å². The number of nitrogens with two attached hydrogens (primary N) is 3. The molecular weight excluding hydrogens is 1380 g/mol. The number of anilines is 8. The molecule has 0 bridgehead atoms. The summed E-state index contributed by atoms with van der Waals surface area (Å²) in [5.41, 5.74) is 11.9. The summed E-state index contributed by atoms with van der Waals surface area (Å²) in [7, 11) is -15.0. The topological polar surface area (TPSA) is 572 Å². The first-order valence-electron chi connectivity index (χ1n) is 31.0. The maximum Gasteiger partial charge on any atom is 0.296 e. The fraction of sp³-hybridized carbons (Fsp3) is 0.387. The van der Waals surface area contributed by atoms with Crippen LogP contribution in [0, 0.1) is 0 Å². The molecular formula is C62H79N17O19S3. The largest absolute Gasteiger partial charge is 0.397 e. The van der Waals surface area contributed by atoms with Gasteiger partial charge >= 0.3 is 0 Å². The monoisotopic (exact) mass is 1460 g/mol. The highest BCUT2D eigenvalue weighted by atomic mass is 32.2. The Balaban J connectivity index is 0.853. The number of ether oxygens (including phenoxy) is 2. The van der Waals surface area contributed by atoms with Gasteiger partial charge in [0.1, 0.15) is 16.4 Å². The summed E-state index contributed by atoms with van der Waals surface area (Å²) in [4.78, 5) is 122. The highest BCUT2D eigenvalue weighted by Gasteiger charge is 2.39. The van der Waals surface area contributed by atoms with E-state index in [-0.39, 0.29) is 130 Å². The van der Waals surface area contributed by atoms with Gasteiger partial charge in [-0.25, -0.2) is 4.98 Å². The van der Waals surface area contributed by atoms with Gasteiger partial charge in [0.2, 0.25) is 35.6 Å². The molecule has 544 valence electrons. The number of H-pyrrole nitrogens is 1. The van der Waals surface area contributed by atoms with Gasteiger partial charge in [0.05, 0.1) is 108 Å². The summed E-state index contributed by atoms with van der Waals surface area (Å²) in [6, 6.07) is 12.7. The van der Waals surface area contributed by atoms with E-state index in [1.165, 1.54) is 68.8 Å². The zero-order chi connectivity index (χ0) is 74.4. The molecule has 4 aromatic carbocycles. The number of nitrogens with zero attached hydrogens (tertiary/aromatic N) is 4. The predicted octanol–water partition coefficient (Wildman–Crippen LogP) is 1.01. The molecule has 2 atom stereocenters. The zero-order valence-electron chi connectivity index (χ0n) is 55.5. The quantitative estimate of drug-likeness (QED) is 0.0145. The Kier molecular flexibility index (Phi) is 25.9. The van der Waals surface area contributed by atoms with E-state index in [0.29, 0.717) is 18.5 Å². The Morgan fingerprint density at radius 2 is 1.22 bits per heavy atom. The van der Waals surface area contributed by atoms with Crippen LogP contribution in [0.4, 0.5) is 46.3 Å². The number of benzene rings is 4. The molecule has 0 saturated carbocycles. The number of Topliss-reactive ketones (excluding diaryl/α,β-unsaturated/α-hetero) is 3. The number of fused-ring (bicyclic) bond motifs is 2. The molecule has 39 heteroatoms. The molecule has 2 aromatic heterocycles. The van der Waals surface area contributed by atoms with Crippen LogP contribution in [0.15, 0.2) is 100 Å². The van der Waals surface area contributed by atoms with Gasteiger partial charge < -0.3 is 63.6 Å². The zero-order valence-corrected chi connectivity index (χ0v) is 58.0. The summed E-state index contributed by atoms with van der Waals surface area (Å²) >= 11 is 0. The predicted molar refractivity (Wildman–Crippen MR) is 366 cm³/mol. The molecule has 2 heterocycles. The molecule has 0 spiro atoms. The minimum atomic E-state index is -5.19. The number of unbranched alkanes of at least 4 members (excludes halogenated alkanes) is 1. The first-order valence-corrected chi connectivity index (χ1v) is 35.3. The Labute approximate surface area is 580 Å². The fourth-order valence-electron chi connectivity index (χ4n) is 9.82. The van der Waals surface area contributed by atoms with Gasteiger partial charge in [-0.1, -0.05) is 30.3 Å². The SMILES string of the molecule is CC(C)(NCC(=O)C(C)(C)NCC(=O)C(C)(C)NC(=O)[C@@H](N)Cc1cnc[nH]1)C(=O)CN[C@@H](CCCCNC(=O)COCCOCCNc1nc(Nc2cccc(S(=O)(=O)O)c2)nc(Nc2ccc(Nc3cc(S(=O)(=O)O)c(N)c4c3C(=O)c3ccccc3C4=O)cc2S(=O)(=O)O)n1)C(N)=O. The summed E-state index contributed by atoms with van der Waals surface area (Å²) in [6.07, 6.45) is 4.25. The smallest absolute Gasteiger partial charge is 0.296 e. The van der Waals surface area contributed by atoms with Gasteiger partial charge in [-0.3, -0.25) is 68.0 Å². The number of aromatic amines is 1. The number of rotatable bonds is 40. The van der Waals surface area contributed by atoms with Crippen molar-refractivity contribution in [1.82, 2.24) is 51.5 Å². The second-order valence-corrected chi connectivity index (χ2v) is 28.8. The van der Waals surface area contributed by atoms with Crippen LogP contribution < -0.4 is 65.1 Å². The van der Waals surface area contributed by atoms with E-state index in [1.807, 2.05) is 0 Å². The lowest BCUT2D eigenvalue weighted by Gasteiger charge is -2.31. The highest BCUT2D eigenvalue weighted by molar-refractivity contribution is 7.86. The van der Waals surface area contributed by atoms with E-state index >= 15 is 0 Å². The number of amides is 3. The van der Waals surface area contributed by atoms with Crippen LogP contribution in [0.1, 0.15) is 98.3 Å². The van der Waals surface area contributed by atoms with Crippen molar-refractivity contribution in [2.45, 2.75) is 111 Å². The number of nitrogen functional groups attached to an aromatic ring is 1. The van der Waals surface area contributed by atoms with E-state index < -0.39 is 131 Å². The lowest BCUT2D eigenvalue weighted by Crippen LogP contribution is -2.60. The minimum Gasteiger partial charge on any atom is -0.397 e. The van der Waals surface area contributed by atoms with Crippen LogP contribution in [0.5, 0.6) is 0 Å². The van der Waals surface area contributed by atoms with Crippen molar-refractivity contribution in [3.8, 4) is 0 Å². The van der Waals surface area contributed by atoms with Gasteiger partial charge in [0.15, 0.2) is 28.9 Å². The van der Waals surface area contributed by atoms with Crippen molar-refractivity contribution in [3.63, 3.8) is 0 Å². The van der Waals surface area contributed by atoms with Gasteiger partial charge in [0.25, 0.3) is 30.4 Å². The third-order valence-corrected chi connectivity index (χ3v) is 18.4. The molecule has 6 aromatic rings. The maximum atomic E-state index is 13.9. The summed E-state index contributed by atoms with van der Waals surface area (Å²) in [6.45, 7) is 8.40. The van der Waals surface area contributed by atoms with Crippen molar-refractivity contribution in [3.05, 3.63) is 113 Å². The van der Waals surface area contributed by atoms with Crippen LogP contribution in [0.3, 0.4) is 0 Å². The van der Waals surface area contributed by atoms with Crippen LogP contribution in [-0.4, -0.2) is 198 Å². The van der Waals surface area contributed by atoms with Crippen LogP contribution in [-0.2, 0) is 75.0 Å². The number of hydrogen-bond donors (Lipinski definition) is 16. The number of primary amides is 1. The Bertz CT molecular complexity index is 4480. The minimum absolute atomic E-state index is 0.00676. The van der Waals surface area contributed by atoms with E-state index in [4.69, 9.17) is 26.7 Å². The van der Waals surface area contributed by atoms with Crippen molar-refractivity contribution < 1.29 is 86.7 Å². The second kappa shape index (κ2) is 33.2. The summed E-state index contributed by atoms with van der Waals surface area (Å²) < 4.78 is 116. The molecule has 1 aliphatic rings. The highest BCUT2D eigenvalue weighted by Crippen LogP contribution is 2.41. The normalized spacial score (nSPS) is 13.3. The molecule has 7 rings (SSSR count). The van der Waals surface area contributed by atoms with Crippen molar-refractivity contribution in [2.75, 3.05) is 86.2 Å². The van der Waals surface area contributed by atoms with Gasteiger partial charge in [-0.2, -0.15) is 40.2 Å². The van der Waals surface area contributed by atoms with Gasteiger partial charge in [-0.05, 0) is 103 Å². The van der Waals surface area contributed by atoms with Gasteiger partial charge in [-0.15, -0.1) is 0 Å². The number of nitrogens with one attached hydrogen (secondary N) is 10. The van der Waals surface area contributed by atoms with Crippen LogP contribution in [0.25, 0.3) is 0 Å². The Morgan fingerprint density at radius 1 is 0.624 bits per heavy atom. The summed E-state index contributed by atoms with van der Waals surface area (Å²) in [5, 5.41) is 25.2. The lowest BCUT2D eigenvalue weighted by molar-refractivity contribution is -0.132. The molecule has 36 nitrogen and oxygen atoms in total. The molecule has 19 N–H and O–H groups in total. The Morgan fingerprint density at radius 3 is 1.83 bits per heavy atom. The Hall–Kier alpha value is -9.65. The number of aromatic nitrogens is 5.